The lowest BCUT2D eigenvalue weighted by Gasteiger charge is -2.03. The predicted octanol–water partition coefficient (Wildman–Crippen LogP) is 2.76. The zero-order chi connectivity index (χ0) is 16.1. The molecule has 0 saturated carbocycles. The SMILES string of the molecule is O=C(NCCc1ccc(-c2ccsc2)s1)C(=O)Nc1ccon1. The maximum Gasteiger partial charge on any atom is 0.314 e. The molecule has 0 aliphatic rings. The minimum absolute atomic E-state index is 0.212. The first kappa shape index (κ1) is 15.4. The van der Waals surface area contributed by atoms with Gasteiger partial charge in [0.2, 0.25) is 0 Å². The van der Waals surface area contributed by atoms with Gasteiger partial charge in [-0.3, -0.25) is 14.9 Å². The van der Waals surface area contributed by atoms with Crippen molar-refractivity contribution in [3.63, 3.8) is 0 Å². The predicted molar refractivity (Wildman–Crippen MR) is 89.5 cm³/mol. The summed E-state index contributed by atoms with van der Waals surface area (Å²) in [5, 5.41) is 12.6. The molecule has 3 aromatic heterocycles. The van der Waals surface area contributed by atoms with E-state index in [1.54, 1.807) is 22.7 Å². The summed E-state index contributed by atoms with van der Waals surface area (Å²) in [7, 11) is 0. The van der Waals surface area contributed by atoms with Crippen molar-refractivity contribution in [2.75, 3.05) is 11.9 Å². The molecule has 0 unspecified atom stereocenters. The molecule has 0 aromatic carbocycles. The quantitative estimate of drug-likeness (QED) is 0.695. The molecule has 0 spiro atoms. The van der Waals surface area contributed by atoms with Gasteiger partial charge in [-0.25, -0.2) is 0 Å². The minimum atomic E-state index is -0.760. The van der Waals surface area contributed by atoms with Crippen molar-refractivity contribution < 1.29 is 14.1 Å². The number of carbonyl (C=O) groups is 2. The number of amides is 2. The summed E-state index contributed by atoms with van der Waals surface area (Å²) in [5.74, 6) is -1.24. The van der Waals surface area contributed by atoms with Crippen molar-refractivity contribution >= 4 is 40.3 Å². The molecule has 8 heteroatoms. The molecule has 0 fully saturated rings. The highest BCUT2D eigenvalue weighted by atomic mass is 32.1. The molecular weight excluding hydrogens is 334 g/mol. The maximum atomic E-state index is 11.7. The summed E-state index contributed by atoms with van der Waals surface area (Å²) >= 11 is 3.35. The van der Waals surface area contributed by atoms with Crippen molar-refractivity contribution in [3.8, 4) is 10.4 Å². The largest absolute Gasteiger partial charge is 0.363 e. The van der Waals surface area contributed by atoms with E-state index in [9.17, 15) is 9.59 Å². The maximum absolute atomic E-state index is 11.7. The van der Waals surface area contributed by atoms with Gasteiger partial charge in [0.25, 0.3) is 0 Å². The van der Waals surface area contributed by atoms with Gasteiger partial charge in [-0.15, -0.1) is 11.3 Å². The van der Waals surface area contributed by atoms with Gasteiger partial charge in [-0.1, -0.05) is 5.16 Å². The number of aromatic nitrogens is 1. The molecule has 2 amide bonds. The lowest BCUT2D eigenvalue weighted by atomic mass is 10.3. The van der Waals surface area contributed by atoms with Gasteiger partial charge >= 0.3 is 11.8 Å². The third kappa shape index (κ3) is 4.05. The zero-order valence-electron chi connectivity index (χ0n) is 11.9. The van der Waals surface area contributed by atoms with Gasteiger partial charge < -0.3 is 9.84 Å². The Morgan fingerprint density at radius 3 is 2.83 bits per heavy atom. The van der Waals surface area contributed by atoms with E-state index < -0.39 is 11.8 Å². The smallest absolute Gasteiger partial charge is 0.314 e. The Morgan fingerprint density at radius 1 is 1.17 bits per heavy atom. The van der Waals surface area contributed by atoms with Crippen LogP contribution < -0.4 is 10.6 Å². The van der Waals surface area contributed by atoms with Crippen LogP contribution in [0.3, 0.4) is 0 Å². The Bertz CT molecular complexity index is 779. The Labute approximate surface area is 140 Å². The van der Waals surface area contributed by atoms with Gasteiger partial charge in [-0.2, -0.15) is 11.3 Å². The van der Waals surface area contributed by atoms with Gasteiger partial charge in [0, 0.05) is 27.9 Å². The standard InChI is InChI=1S/C15H13N3O3S2/c19-14(15(20)17-13-4-7-21-18-13)16-6-3-11-1-2-12(23-11)10-5-8-22-9-10/h1-2,4-5,7-9H,3,6H2,(H,16,19)(H,17,18,20). The first-order chi connectivity index (χ1) is 11.2. The Balaban J connectivity index is 1.46. The fraction of sp³-hybridized carbons (Fsp3) is 0.133. The van der Waals surface area contributed by atoms with E-state index in [4.69, 9.17) is 0 Å². The summed E-state index contributed by atoms with van der Waals surface area (Å²) in [6, 6.07) is 7.65. The number of hydrogen-bond donors (Lipinski definition) is 2. The van der Waals surface area contributed by atoms with Crippen LogP contribution >= 0.6 is 22.7 Å². The Kier molecular flexibility index (Phi) is 4.84. The van der Waals surface area contributed by atoms with Crippen LogP contribution in [0.1, 0.15) is 4.88 Å². The zero-order valence-corrected chi connectivity index (χ0v) is 13.6. The van der Waals surface area contributed by atoms with E-state index in [1.807, 2.05) is 11.4 Å². The first-order valence-corrected chi connectivity index (χ1v) is 8.59. The highest BCUT2D eigenvalue weighted by molar-refractivity contribution is 7.16. The number of nitrogens with one attached hydrogen (secondary N) is 2. The first-order valence-electron chi connectivity index (χ1n) is 6.83. The van der Waals surface area contributed by atoms with Crippen molar-refractivity contribution in [1.82, 2.24) is 10.5 Å². The number of hydrogen-bond acceptors (Lipinski definition) is 6. The van der Waals surface area contributed by atoms with Crippen LogP contribution in [-0.2, 0) is 16.0 Å². The molecule has 0 atom stereocenters. The molecule has 0 aliphatic heterocycles. The molecule has 23 heavy (non-hydrogen) atoms. The van der Waals surface area contributed by atoms with E-state index >= 15 is 0 Å². The van der Waals surface area contributed by atoms with Crippen LogP contribution in [-0.4, -0.2) is 23.5 Å². The lowest BCUT2D eigenvalue weighted by molar-refractivity contribution is -0.136. The summed E-state index contributed by atoms with van der Waals surface area (Å²) in [4.78, 5) is 25.6. The van der Waals surface area contributed by atoms with Crippen LogP contribution in [0.5, 0.6) is 0 Å². The third-order valence-corrected chi connectivity index (χ3v) is 4.89. The molecule has 3 rings (SSSR count). The fourth-order valence-electron chi connectivity index (χ4n) is 1.90. The van der Waals surface area contributed by atoms with Crippen molar-refractivity contribution in [2.24, 2.45) is 0 Å². The van der Waals surface area contributed by atoms with E-state index in [2.05, 4.69) is 37.8 Å². The number of anilines is 1. The second-order valence-corrected chi connectivity index (χ2v) is 6.57. The molecule has 118 valence electrons. The fourth-order valence-corrected chi connectivity index (χ4v) is 3.64. The molecule has 0 saturated heterocycles. The molecule has 2 N–H and O–H groups in total. The number of rotatable bonds is 5. The summed E-state index contributed by atoms with van der Waals surface area (Å²) in [6.07, 6.45) is 1.99. The van der Waals surface area contributed by atoms with E-state index in [0.717, 1.165) is 4.88 Å². The molecule has 0 aliphatic carbocycles. The van der Waals surface area contributed by atoms with Crippen molar-refractivity contribution in [2.45, 2.75) is 6.42 Å². The van der Waals surface area contributed by atoms with Gasteiger partial charge in [-0.05, 0) is 35.4 Å². The van der Waals surface area contributed by atoms with Gasteiger partial charge in [0.05, 0.1) is 0 Å². The second kappa shape index (κ2) is 7.21. The number of thiophene rings is 2. The van der Waals surface area contributed by atoms with E-state index in [0.29, 0.717) is 13.0 Å². The van der Waals surface area contributed by atoms with E-state index in [-0.39, 0.29) is 5.82 Å². The Hall–Kier alpha value is -2.45. The third-order valence-electron chi connectivity index (χ3n) is 3.01. The lowest BCUT2D eigenvalue weighted by Crippen LogP contribution is -2.36. The summed E-state index contributed by atoms with van der Waals surface area (Å²) in [5.41, 5.74) is 1.21. The van der Waals surface area contributed by atoms with Crippen molar-refractivity contribution in [1.29, 1.82) is 0 Å². The van der Waals surface area contributed by atoms with Crippen LogP contribution in [0, 0.1) is 0 Å². The molecule has 0 radical (unpaired) electrons. The molecular formula is C15H13N3O3S2. The molecule has 6 nitrogen and oxygen atoms in total. The topological polar surface area (TPSA) is 84.2 Å². The van der Waals surface area contributed by atoms with Gasteiger partial charge in [0.15, 0.2) is 5.82 Å². The number of nitrogens with zero attached hydrogens (tertiary/aromatic N) is 1. The second-order valence-electron chi connectivity index (χ2n) is 4.62. The van der Waals surface area contributed by atoms with Crippen molar-refractivity contribution in [3.05, 3.63) is 46.2 Å². The van der Waals surface area contributed by atoms with Gasteiger partial charge in [0.1, 0.15) is 6.26 Å². The number of carbonyl (C=O) groups excluding carboxylic acids is 2. The van der Waals surface area contributed by atoms with E-state index in [1.165, 1.54) is 22.8 Å². The Morgan fingerprint density at radius 2 is 2.09 bits per heavy atom. The normalized spacial score (nSPS) is 10.4. The highest BCUT2D eigenvalue weighted by Gasteiger charge is 2.14. The summed E-state index contributed by atoms with van der Waals surface area (Å²) < 4.78 is 4.57. The molecule has 0 bridgehead atoms. The monoisotopic (exact) mass is 347 g/mol. The van der Waals surface area contributed by atoms with Crippen LogP contribution in [0.15, 0.2) is 45.8 Å². The van der Waals surface area contributed by atoms with Crippen LogP contribution in [0.2, 0.25) is 0 Å². The highest BCUT2D eigenvalue weighted by Crippen LogP contribution is 2.29. The minimum Gasteiger partial charge on any atom is -0.363 e. The molecule has 3 heterocycles. The molecule has 3 aromatic rings. The van der Waals surface area contributed by atoms with Crippen LogP contribution in [0.4, 0.5) is 5.82 Å². The average molecular weight is 347 g/mol. The average Bonchev–Trinajstić information content (AvgIpc) is 3.29. The van der Waals surface area contributed by atoms with Crippen LogP contribution in [0.25, 0.3) is 10.4 Å². The summed E-state index contributed by atoms with van der Waals surface area (Å²) in [6.45, 7) is 0.397.